The van der Waals surface area contributed by atoms with E-state index in [1.54, 1.807) is 60.7 Å². The molecule has 4 rings (SSSR count). The Morgan fingerprint density at radius 1 is 0.967 bits per heavy atom. The molecular formula is C24H18F2N2O2. The molecule has 1 heterocycles. The van der Waals surface area contributed by atoms with E-state index >= 15 is 0 Å². The summed E-state index contributed by atoms with van der Waals surface area (Å²) in [7, 11) is 0. The molecule has 30 heavy (non-hydrogen) atoms. The molecule has 3 aromatic carbocycles. The summed E-state index contributed by atoms with van der Waals surface area (Å²) in [5, 5.41) is 0. The van der Waals surface area contributed by atoms with Gasteiger partial charge in [0, 0.05) is 0 Å². The lowest BCUT2D eigenvalue weighted by Crippen LogP contribution is -2.33. The number of aliphatic imine (C=N–C) groups is 1. The number of ether oxygens (including phenoxy) is 1. The first-order chi connectivity index (χ1) is 14.6. The molecule has 150 valence electrons. The van der Waals surface area contributed by atoms with Gasteiger partial charge in [-0.15, -0.1) is 0 Å². The van der Waals surface area contributed by atoms with Gasteiger partial charge >= 0.3 is 0 Å². The third-order valence-electron chi connectivity index (χ3n) is 4.55. The average molecular weight is 404 g/mol. The van der Waals surface area contributed by atoms with Crippen LogP contribution in [0, 0.1) is 11.6 Å². The van der Waals surface area contributed by atoms with Gasteiger partial charge in [-0.3, -0.25) is 9.69 Å². The number of amidine groups is 1. The highest BCUT2D eigenvalue weighted by Crippen LogP contribution is 2.30. The number of carbonyl (C=O) groups excluding carboxylic acids is 1. The number of anilines is 1. The monoisotopic (exact) mass is 404 g/mol. The molecular weight excluding hydrogens is 386 g/mol. The first-order valence-corrected chi connectivity index (χ1v) is 9.45. The van der Waals surface area contributed by atoms with E-state index in [9.17, 15) is 13.6 Å². The highest BCUT2D eigenvalue weighted by atomic mass is 19.1. The molecule has 3 aromatic rings. The molecule has 0 aliphatic carbocycles. The fourth-order valence-electron chi connectivity index (χ4n) is 3.15. The average Bonchev–Trinajstić information content (AvgIpc) is 3.07. The van der Waals surface area contributed by atoms with Gasteiger partial charge in [0.05, 0.1) is 17.9 Å². The van der Waals surface area contributed by atoms with Crippen molar-refractivity contribution < 1.29 is 18.3 Å². The van der Waals surface area contributed by atoms with Crippen LogP contribution >= 0.6 is 0 Å². The van der Waals surface area contributed by atoms with Gasteiger partial charge in [-0.05, 0) is 67.1 Å². The number of rotatable bonds is 5. The minimum Gasteiger partial charge on any atom is -0.494 e. The van der Waals surface area contributed by atoms with Crippen LogP contribution in [0.1, 0.15) is 18.1 Å². The lowest BCUT2D eigenvalue weighted by atomic mass is 10.1. The highest BCUT2D eigenvalue weighted by Gasteiger charge is 2.33. The summed E-state index contributed by atoms with van der Waals surface area (Å²) in [6.45, 7) is 2.40. The van der Waals surface area contributed by atoms with Crippen LogP contribution in [0.2, 0.25) is 0 Å². The fourth-order valence-corrected chi connectivity index (χ4v) is 3.15. The van der Waals surface area contributed by atoms with Crippen molar-refractivity contribution in [3.63, 3.8) is 0 Å². The van der Waals surface area contributed by atoms with Crippen molar-refractivity contribution in [3.05, 3.63) is 101 Å². The molecule has 0 fully saturated rings. The second-order valence-electron chi connectivity index (χ2n) is 6.56. The second-order valence-corrected chi connectivity index (χ2v) is 6.56. The summed E-state index contributed by atoms with van der Waals surface area (Å²) < 4.78 is 33.2. The molecule has 0 saturated heterocycles. The zero-order valence-corrected chi connectivity index (χ0v) is 16.2. The molecule has 0 spiro atoms. The van der Waals surface area contributed by atoms with Crippen LogP contribution in [0.5, 0.6) is 5.75 Å². The number of hydrogen-bond donors (Lipinski definition) is 0. The lowest BCUT2D eigenvalue weighted by Gasteiger charge is -2.19. The van der Waals surface area contributed by atoms with E-state index < -0.39 is 11.7 Å². The van der Waals surface area contributed by atoms with Crippen LogP contribution in [0.4, 0.5) is 14.5 Å². The van der Waals surface area contributed by atoms with Crippen molar-refractivity contribution in [1.82, 2.24) is 0 Å². The number of hydrogen-bond acceptors (Lipinski definition) is 3. The third-order valence-corrected chi connectivity index (χ3v) is 4.55. The number of halogens is 2. The third kappa shape index (κ3) is 3.85. The molecule has 0 atom stereocenters. The van der Waals surface area contributed by atoms with Gasteiger partial charge in [-0.1, -0.05) is 24.3 Å². The zero-order chi connectivity index (χ0) is 21.1. The predicted octanol–water partition coefficient (Wildman–Crippen LogP) is 5.20. The van der Waals surface area contributed by atoms with E-state index in [2.05, 4.69) is 4.99 Å². The maximum atomic E-state index is 14.5. The molecule has 0 bridgehead atoms. The Kier molecular flexibility index (Phi) is 5.39. The minimum atomic E-state index is -0.483. The summed E-state index contributed by atoms with van der Waals surface area (Å²) in [6.07, 6.45) is 1.55. The highest BCUT2D eigenvalue weighted by molar-refractivity contribution is 6.33. The van der Waals surface area contributed by atoms with Crippen LogP contribution in [0.15, 0.2) is 83.5 Å². The van der Waals surface area contributed by atoms with Gasteiger partial charge in [-0.25, -0.2) is 13.8 Å². The van der Waals surface area contributed by atoms with Gasteiger partial charge < -0.3 is 4.74 Å². The van der Waals surface area contributed by atoms with E-state index in [-0.39, 0.29) is 22.9 Å². The topological polar surface area (TPSA) is 41.9 Å². The smallest absolute Gasteiger partial charge is 0.282 e. The maximum Gasteiger partial charge on any atom is 0.282 e. The van der Waals surface area contributed by atoms with Crippen molar-refractivity contribution in [2.24, 2.45) is 4.99 Å². The van der Waals surface area contributed by atoms with E-state index in [0.29, 0.717) is 23.6 Å². The normalized spacial score (nSPS) is 14.9. The van der Waals surface area contributed by atoms with Crippen LogP contribution in [0.25, 0.3) is 6.08 Å². The SMILES string of the molecule is CCOc1ccc(N2C(=O)/C(=C\c3ccc(F)cc3)N=C2c2ccccc2F)cc1. The van der Waals surface area contributed by atoms with Gasteiger partial charge in [0.25, 0.3) is 5.91 Å². The Morgan fingerprint density at radius 2 is 1.67 bits per heavy atom. The number of amides is 1. The van der Waals surface area contributed by atoms with Crippen molar-refractivity contribution >= 4 is 23.5 Å². The van der Waals surface area contributed by atoms with Crippen molar-refractivity contribution in [1.29, 1.82) is 0 Å². The number of nitrogens with zero attached hydrogens (tertiary/aromatic N) is 2. The molecule has 1 amide bonds. The Balaban J connectivity index is 1.79. The molecule has 0 saturated carbocycles. The van der Waals surface area contributed by atoms with Crippen LogP contribution < -0.4 is 9.64 Å². The fraction of sp³-hybridized carbons (Fsp3) is 0.0833. The maximum absolute atomic E-state index is 14.5. The zero-order valence-electron chi connectivity index (χ0n) is 16.2. The molecule has 4 nitrogen and oxygen atoms in total. The Labute approximate surface area is 172 Å². The minimum absolute atomic E-state index is 0.133. The largest absolute Gasteiger partial charge is 0.494 e. The van der Waals surface area contributed by atoms with Crippen LogP contribution in [-0.4, -0.2) is 18.3 Å². The Morgan fingerprint density at radius 3 is 2.33 bits per heavy atom. The standard InChI is InChI=1S/C24H18F2N2O2/c1-2-30-19-13-11-18(12-14-19)28-23(20-5-3-4-6-21(20)26)27-22(24(28)29)15-16-7-9-17(25)10-8-16/h3-15H,2H2,1H3/b22-15+. The summed E-state index contributed by atoms with van der Waals surface area (Å²) in [4.78, 5) is 19.0. The summed E-state index contributed by atoms with van der Waals surface area (Å²) in [6, 6.07) is 18.8. The predicted molar refractivity (Wildman–Crippen MR) is 112 cm³/mol. The molecule has 1 aliphatic heterocycles. The Hall–Kier alpha value is -3.80. The van der Waals surface area contributed by atoms with E-state index in [4.69, 9.17) is 4.74 Å². The summed E-state index contributed by atoms with van der Waals surface area (Å²) in [5.41, 5.74) is 1.49. The van der Waals surface area contributed by atoms with Gasteiger partial charge in [0.1, 0.15) is 23.1 Å². The summed E-state index contributed by atoms with van der Waals surface area (Å²) in [5.74, 6) is -0.402. The quantitative estimate of drug-likeness (QED) is 0.549. The van der Waals surface area contributed by atoms with E-state index in [1.807, 2.05) is 6.92 Å². The molecule has 6 heteroatoms. The first kappa shape index (κ1) is 19.5. The molecule has 0 unspecified atom stereocenters. The van der Waals surface area contributed by atoms with Crippen LogP contribution in [0.3, 0.4) is 0 Å². The van der Waals surface area contributed by atoms with E-state index in [0.717, 1.165) is 0 Å². The first-order valence-electron chi connectivity index (χ1n) is 9.45. The van der Waals surface area contributed by atoms with Crippen molar-refractivity contribution in [2.45, 2.75) is 6.92 Å². The molecule has 0 N–H and O–H groups in total. The molecule has 0 radical (unpaired) electrons. The van der Waals surface area contributed by atoms with Gasteiger partial charge in [-0.2, -0.15) is 0 Å². The number of benzene rings is 3. The van der Waals surface area contributed by atoms with Crippen molar-refractivity contribution in [3.8, 4) is 5.75 Å². The molecule has 1 aliphatic rings. The summed E-state index contributed by atoms with van der Waals surface area (Å²) >= 11 is 0. The van der Waals surface area contributed by atoms with Gasteiger partial charge in [0.2, 0.25) is 0 Å². The second kappa shape index (κ2) is 8.29. The lowest BCUT2D eigenvalue weighted by molar-refractivity contribution is -0.113. The van der Waals surface area contributed by atoms with E-state index in [1.165, 1.54) is 23.1 Å². The van der Waals surface area contributed by atoms with Gasteiger partial charge in [0.15, 0.2) is 5.84 Å². The number of carbonyl (C=O) groups is 1. The van der Waals surface area contributed by atoms with Crippen molar-refractivity contribution in [2.75, 3.05) is 11.5 Å². The Bertz CT molecular complexity index is 1140. The molecule has 0 aromatic heterocycles. The van der Waals surface area contributed by atoms with Crippen LogP contribution in [-0.2, 0) is 4.79 Å².